The van der Waals surface area contributed by atoms with Gasteiger partial charge in [-0.2, -0.15) is 0 Å². The molecule has 0 saturated carbocycles. The van der Waals surface area contributed by atoms with Gasteiger partial charge in [-0.05, 0) is 7.05 Å². The molecular formula is C7H15NO5. The van der Waals surface area contributed by atoms with E-state index in [1.54, 1.807) is 0 Å². The van der Waals surface area contributed by atoms with Gasteiger partial charge in [0.25, 0.3) is 0 Å². The van der Waals surface area contributed by atoms with Crippen LogP contribution in [-0.2, 0) is 4.74 Å². The lowest BCUT2D eigenvalue weighted by Crippen LogP contribution is -2.62. The highest BCUT2D eigenvalue weighted by molar-refractivity contribution is 4.91. The number of hydrogen-bond donors (Lipinski definition) is 5. The van der Waals surface area contributed by atoms with Crippen molar-refractivity contribution in [3.8, 4) is 0 Å². The normalized spacial score (nSPS) is 46.4. The van der Waals surface area contributed by atoms with Gasteiger partial charge in [0, 0.05) is 0 Å². The summed E-state index contributed by atoms with van der Waals surface area (Å²) in [6, 6.07) is -0.738. The highest BCUT2D eigenvalue weighted by atomic mass is 16.6. The number of aliphatic hydroxyl groups is 4. The van der Waals surface area contributed by atoms with Crippen molar-refractivity contribution in [1.29, 1.82) is 0 Å². The standard InChI is InChI=1S/C7H15NO5/c1-8-4-6(11)5(10)3(2-9)13-7(4)12/h3-12H,2H2,1H3/t3?,4-,5?,6?,7?/m0/s1. The maximum atomic E-state index is 9.45. The molecule has 5 atom stereocenters. The maximum absolute atomic E-state index is 9.45. The Morgan fingerprint density at radius 1 is 1.23 bits per heavy atom. The molecule has 1 aliphatic heterocycles. The number of hydrogen-bond acceptors (Lipinski definition) is 6. The summed E-state index contributed by atoms with van der Waals surface area (Å²) in [6.45, 7) is -0.439. The van der Waals surface area contributed by atoms with Crippen LogP contribution in [0.2, 0.25) is 0 Å². The largest absolute Gasteiger partial charge is 0.394 e. The van der Waals surface area contributed by atoms with Crippen molar-refractivity contribution in [2.24, 2.45) is 0 Å². The van der Waals surface area contributed by atoms with Gasteiger partial charge in [0.05, 0.1) is 12.6 Å². The molecule has 78 valence electrons. The van der Waals surface area contributed by atoms with Crippen LogP contribution >= 0.6 is 0 Å². The van der Waals surface area contributed by atoms with E-state index >= 15 is 0 Å². The van der Waals surface area contributed by atoms with Gasteiger partial charge in [-0.15, -0.1) is 0 Å². The fraction of sp³-hybridized carbons (Fsp3) is 1.00. The third kappa shape index (κ3) is 1.98. The van der Waals surface area contributed by atoms with Crippen LogP contribution < -0.4 is 5.32 Å². The summed E-state index contributed by atoms with van der Waals surface area (Å²) in [5, 5.41) is 39.4. The van der Waals surface area contributed by atoms with Crippen LogP contribution in [0.15, 0.2) is 0 Å². The van der Waals surface area contributed by atoms with Gasteiger partial charge >= 0.3 is 0 Å². The Morgan fingerprint density at radius 2 is 1.85 bits per heavy atom. The van der Waals surface area contributed by atoms with E-state index in [9.17, 15) is 15.3 Å². The van der Waals surface area contributed by atoms with Crippen LogP contribution in [0.3, 0.4) is 0 Å². The summed E-state index contributed by atoms with van der Waals surface area (Å²) >= 11 is 0. The van der Waals surface area contributed by atoms with Gasteiger partial charge < -0.3 is 30.5 Å². The first-order valence-corrected chi connectivity index (χ1v) is 4.09. The second-order valence-corrected chi connectivity index (χ2v) is 3.04. The van der Waals surface area contributed by atoms with Crippen LogP contribution in [0.1, 0.15) is 0 Å². The SMILES string of the molecule is CN[C@@H]1C(O)OC(CO)C(O)C1O. The minimum atomic E-state index is -1.22. The molecule has 5 N–H and O–H groups in total. The Morgan fingerprint density at radius 3 is 2.31 bits per heavy atom. The van der Waals surface area contributed by atoms with Gasteiger partial charge in [-0.3, -0.25) is 0 Å². The summed E-state index contributed by atoms with van der Waals surface area (Å²) in [5.41, 5.74) is 0. The van der Waals surface area contributed by atoms with Gasteiger partial charge in [-0.25, -0.2) is 0 Å². The lowest BCUT2D eigenvalue weighted by molar-refractivity contribution is -0.253. The maximum Gasteiger partial charge on any atom is 0.173 e. The van der Waals surface area contributed by atoms with Crippen LogP contribution in [0.5, 0.6) is 0 Å². The average molecular weight is 193 g/mol. The molecule has 6 heteroatoms. The summed E-state index contributed by atoms with van der Waals surface area (Å²) in [5.74, 6) is 0. The van der Waals surface area contributed by atoms with E-state index in [2.05, 4.69) is 5.32 Å². The van der Waals surface area contributed by atoms with Gasteiger partial charge in [0.2, 0.25) is 0 Å². The van der Waals surface area contributed by atoms with E-state index < -0.39 is 37.3 Å². The van der Waals surface area contributed by atoms with Crippen molar-refractivity contribution >= 4 is 0 Å². The Balaban J connectivity index is 2.66. The molecule has 13 heavy (non-hydrogen) atoms. The molecule has 0 aliphatic carbocycles. The van der Waals surface area contributed by atoms with Gasteiger partial charge in [-0.1, -0.05) is 0 Å². The van der Waals surface area contributed by atoms with Crippen molar-refractivity contribution < 1.29 is 25.2 Å². The highest BCUT2D eigenvalue weighted by Crippen LogP contribution is 2.18. The minimum Gasteiger partial charge on any atom is -0.394 e. The first-order valence-electron chi connectivity index (χ1n) is 4.09. The Hall–Kier alpha value is -0.240. The zero-order valence-electron chi connectivity index (χ0n) is 7.29. The molecule has 0 aromatic heterocycles. The number of likely N-dealkylation sites (N-methyl/N-ethyl adjacent to an activating group) is 1. The lowest BCUT2D eigenvalue weighted by atomic mass is 9.97. The predicted molar refractivity (Wildman–Crippen MR) is 42.8 cm³/mol. The fourth-order valence-electron chi connectivity index (χ4n) is 1.41. The Bertz CT molecular complexity index is 167. The highest BCUT2D eigenvalue weighted by Gasteiger charge is 2.42. The minimum absolute atomic E-state index is 0.439. The monoisotopic (exact) mass is 193 g/mol. The number of aliphatic hydroxyl groups excluding tert-OH is 4. The van der Waals surface area contributed by atoms with Crippen molar-refractivity contribution in [3.05, 3.63) is 0 Å². The average Bonchev–Trinajstić information content (AvgIpc) is 2.12. The number of rotatable bonds is 2. The zero-order valence-corrected chi connectivity index (χ0v) is 7.29. The van der Waals surface area contributed by atoms with Gasteiger partial charge in [0.15, 0.2) is 6.29 Å². The van der Waals surface area contributed by atoms with Crippen LogP contribution in [0, 0.1) is 0 Å². The van der Waals surface area contributed by atoms with E-state index in [-0.39, 0.29) is 0 Å². The number of nitrogens with one attached hydrogen (secondary N) is 1. The van der Waals surface area contributed by atoms with E-state index in [0.29, 0.717) is 0 Å². The van der Waals surface area contributed by atoms with Crippen molar-refractivity contribution in [2.75, 3.05) is 13.7 Å². The quantitative estimate of drug-likeness (QED) is 0.320. The smallest absolute Gasteiger partial charge is 0.173 e. The molecule has 0 aromatic rings. The first-order chi connectivity index (χ1) is 6.11. The molecule has 1 saturated heterocycles. The van der Waals surface area contributed by atoms with Crippen molar-refractivity contribution in [2.45, 2.75) is 30.6 Å². The van der Waals surface area contributed by atoms with E-state index in [0.717, 1.165) is 0 Å². The third-order valence-electron chi connectivity index (χ3n) is 2.23. The molecule has 0 bridgehead atoms. The van der Waals surface area contributed by atoms with E-state index in [4.69, 9.17) is 9.84 Å². The molecule has 6 nitrogen and oxygen atoms in total. The third-order valence-corrected chi connectivity index (χ3v) is 2.23. The van der Waals surface area contributed by atoms with E-state index in [1.165, 1.54) is 7.05 Å². The van der Waals surface area contributed by atoms with Gasteiger partial charge in [0.1, 0.15) is 18.3 Å². The number of ether oxygens (including phenoxy) is 1. The topological polar surface area (TPSA) is 102 Å². The zero-order chi connectivity index (χ0) is 10.0. The van der Waals surface area contributed by atoms with Crippen molar-refractivity contribution in [1.82, 2.24) is 5.32 Å². The summed E-state index contributed by atoms with van der Waals surface area (Å²) in [7, 11) is 1.53. The lowest BCUT2D eigenvalue weighted by Gasteiger charge is -2.39. The molecule has 1 fully saturated rings. The summed E-state index contributed by atoms with van der Waals surface area (Å²) in [6.07, 6.45) is -4.49. The molecule has 1 aliphatic rings. The predicted octanol–water partition coefficient (Wildman–Crippen LogP) is -2.99. The Kier molecular flexibility index (Phi) is 3.60. The van der Waals surface area contributed by atoms with E-state index in [1.807, 2.05) is 0 Å². The molecular weight excluding hydrogens is 178 g/mol. The van der Waals surface area contributed by atoms with Crippen LogP contribution in [-0.4, -0.2) is 64.7 Å². The van der Waals surface area contributed by atoms with Crippen LogP contribution in [0.25, 0.3) is 0 Å². The first kappa shape index (κ1) is 10.8. The Labute approximate surface area is 75.8 Å². The molecule has 1 heterocycles. The summed E-state index contributed by atoms with van der Waals surface area (Å²) in [4.78, 5) is 0. The summed E-state index contributed by atoms with van der Waals surface area (Å²) < 4.78 is 4.85. The molecule has 0 amide bonds. The fourth-order valence-corrected chi connectivity index (χ4v) is 1.41. The molecule has 4 unspecified atom stereocenters. The van der Waals surface area contributed by atoms with Crippen molar-refractivity contribution in [3.63, 3.8) is 0 Å². The second-order valence-electron chi connectivity index (χ2n) is 3.04. The molecule has 0 aromatic carbocycles. The molecule has 0 spiro atoms. The molecule has 1 rings (SSSR count). The molecule has 0 radical (unpaired) electrons. The van der Waals surface area contributed by atoms with Crippen LogP contribution in [0.4, 0.5) is 0 Å². The second kappa shape index (κ2) is 4.32.